The van der Waals surface area contributed by atoms with E-state index in [-0.39, 0.29) is 11.6 Å². The van der Waals surface area contributed by atoms with Crippen molar-refractivity contribution in [2.75, 3.05) is 6.61 Å². The first-order valence-electron chi connectivity index (χ1n) is 6.06. The lowest BCUT2D eigenvalue weighted by Gasteiger charge is -2.19. The molecule has 3 rings (SSSR count). The number of allylic oxidation sites excluding steroid dienone is 1. The lowest BCUT2D eigenvalue weighted by molar-refractivity contribution is -0.384. The SMILES string of the molecule is O=[N+]([O-])c1ccc(C2C=COCC2)c(-c2nn[nH]n2)c1. The van der Waals surface area contributed by atoms with Gasteiger partial charge in [0, 0.05) is 23.6 Å². The number of tetrazole rings is 1. The summed E-state index contributed by atoms with van der Waals surface area (Å²) < 4.78 is 5.18. The highest BCUT2D eigenvalue weighted by Crippen LogP contribution is 2.34. The summed E-state index contributed by atoms with van der Waals surface area (Å²) in [6, 6.07) is 4.70. The third kappa shape index (κ3) is 2.22. The van der Waals surface area contributed by atoms with Crippen molar-refractivity contribution in [1.82, 2.24) is 20.6 Å². The summed E-state index contributed by atoms with van der Waals surface area (Å²) in [7, 11) is 0. The Balaban J connectivity index is 2.11. The van der Waals surface area contributed by atoms with Gasteiger partial charge in [0.1, 0.15) is 0 Å². The first-order valence-corrected chi connectivity index (χ1v) is 6.06. The topological polar surface area (TPSA) is 107 Å². The molecule has 1 aliphatic rings. The van der Waals surface area contributed by atoms with Crippen LogP contribution >= 0.6 is 0 Å². The molecule has 1 atom stereocenters. The highest BCUT2D eigenvalue weighted by Gasteiger charge is 2.21. The molecule has 0 saturated heterocycles. The molecule has 0 spiro atoms. The van der Waals surface area contributed by atoms with Gasteiger partial charge in [-0.2, -0.15) is 5.21 Å². The number of nitro groups is 1. The maximum Gasteiger partial charge on any atom is 0.270 e. The molecule has 1 aromatic carbocycles. The van der Waals surface area contributed by atoms with E-state index in [4.69, 9.17) is 4.74 Å². The third-order valence-electron chi connectivity index (χ3n) is 3.19. The molecule has 1 N–H and O–H groups in total. The largest absolute Gasteiger partial charge is 0.501 e. The molecule has 0 bridgehead atoms. The van der Waals surface area contributed by atoms with Gasteiger partial charge < -0.3 is 4.74 Å². The molecule has 2 aromatic rings. The van der Waals surface area contributed by atoms with E-state index in [1.807, 2.05) is 6.08 Å². The fourth-order valence-corrected chi connectivity index (χ4v) is 2.22. The Labute approximate surface area is 113 Å². The number of nitrogens with one attached hydrogen (secondary N) is 1. The van der Waals surface area contributed by atoms with Crippen LogP contribution in [0.4, 0.5) is 5.69 Å². The predicted octanol–water partition coefficient (Wildman–Crippen LogP) is 1.79. The van der Waals surface area contributed by atoms with Gasteiger partial charge >= 0.3 is 0 Å². The molecule has 0 amide bonds. The number of hydrogen-bond acceptors (Lipinski definition) is 6. The highest BCUT2D eigenvalue weighted by atomic mass is 16.6. The van der Waals surface area contributed by atoms with E-state index in [1.165, 1.54) is 12.1 Å². The van der Waals surface area contributed by atoms with Gasteiger partial charge in [0.25, 0.3) is 5.69 Å². The third-order valence-corrected chi connectivity index (χ3v) is 3.19. The van der Waals surface area contributed by atoms with Gasteiger partial charge in [-0.15, -0.1) is 10.2 Å². The fraction of sp³-hybridized carbons (Fsp3) is 0.250. The van der Waals surface area contributed by atoms with Crippen LogP contribution in [0.2, 0.25) is 0 Å². The van der Waals surface area contributed by atoms with Gasteiger partial charge in [0.2, 0.25) is 5.82 Å². The van der Waals surface area contributed by atoms with Crippen LogP contribution in [0, 0.1) is 10.1 Å². The Bertz CT molecular complexity index is 653. The smallest absolute Gasteiger partial charge is 0.270 e. The molecule has 0 radical (unpaired) electrons. The second kappa shape index (κ2) is 5.08. The normalized spacial score (nSPS) is 17.7. The lowest BCUT2D eigenvalue weighted by Crippen LogP contribution is -2.07. The average molecular weight is 273 g/mol. The standard InChI is InChI=1S/C12H11N5O3/c18-17(19)9-1-2-10(8-3-5-20-6-4-8)11(7-9)12-13-15-16-14-12/h1-3,5,7-8H,4,6H2,(H,13,14,15,16). The van der Waals surface area contributed by atoms with Gasteiger partial charge in [-0.25, -0.2) is 0 Å². The molecule has 0 fully saturated rings. The maximum absolute atomic E-state index is 10.9. The molecule has 102 valence electrons. The number of aromatic nitrogens is 4. The zero-order valence-electron chi connectivity index (χ0n) is 10.4. The van der Waals surface area contributed by atoms with Gasteiger partial charge in [-0.3, -0.25) is 10.1 Å². The van der Waals surface area contributed by atoms with Crippen LogP contribution in [0.5, 0.6) is 0 Å². The van der Waals surface area contributed by atoms with E-state index in [0.717, 1.165) is 12.0 Å². The zero-order valence-corrected chi connectivity index (χ0v) is 10.4. The Kier molecular flexibility index (Phi) is 3.12. The maximum atomic E-state index is 10.9. The predicted molar refractivity (Wildman–Crippen MR) is 68.7 cm³/mol. The summed E-state index contributed by atoms with van der Waals surface area (Å²) in [6.45, 7) is 0.615. The second-order valence-corrected chi connectivity index (χ2v) is 4.36. The number of rotatable bonds is 3. The highest BCUT2D eigenvalue weighted by molar-refractivity contribution is 5.65. The summed E-state index contributed by atoms with van der Waals surface area (Å²) in [5.41, 5.74) is 1.55. The van der Waals surface area contributed by atoms with Gasteiger partial charge in [-0.05, 0) is 23.3 Å². The van der Waals surface area contributed by atoms with Crippen LogP contribution in [-0.4, -0.2) is 32.2 Å². The molecule has 1 aliphatic heterocycles. The Morgan fingerprint density at radius 1 is 1.45 bits per heavy atom. The van der Waals surface area contributed by atoms with Crippen molar-refractivity contribution in [3.05, 3.63) is 46.2 Å². The van der Waals surface area contributed by atoms with Crippen molar-refractivity contribution in [2.45, 2.75) is 12.3 Å². The Morgan fingerprint density at radius 3 is 3.00 bits per heavy atom. The second-order valence-electron chi connectivity index (χ2n) is 4.36. The van der Waals surface area contributed by atoms with Crippen LogP contribution in [0.1, 0.15) is 17.9 Å². The van der Waals surface area contributed by atoms with Crippen LogP contribution in [0.25, 0.3) is 11.4 Å². The van der Waals surface area contributed by atoms with Gasteiger partial charge in [0.05, 0.1) is 17.8 Å². The van der Waals surface area contributed by atoms with E-state index >= 15 is 0 Å². The summed E-state index contributed by atoms with van der Waals surface area (Å²) >= 11 is 0. The van der Waals surface area contributed by atoms with Crippen LogP contribution < -0.4 is 0 Å². The van der Waals surface area contributed by atoms with Crippen molar-refractivity contribution in [3.8, 4) is 11.4 Å². The monoisotopic (exact) mass is 273 g/mol. The van der Waals surface area contributed by atoms with Crippen molar-refractivity contribution in [2.24, 2.45) is 0 Å². The fourth-order valence-electron chi connectivity index (χ4n) is 2.22. The zero-order chi connectivity index (χ0) is 13.9. The van der Waals surface area contributed by atoms with E-state index in [9.17, 15) is 10.1 Å². The number of aromatic amines is 1. The van der Waals surface area contributed by atoms with Crippen molar-refractivity contribution in [1.29, 1.82) is 0 Å². The molecular weight excluding hydrogens is 262 g/mol. The van der Waals surface area contributed by atoms with Gasteiger partial charge in [-0.1, -0.05) is 6.07 Å². The number of ether oxygens (including phenoxy) is 1. The molecule has 20 heavy (non-hydrogen) atoms. The van der Waals surface area contributed by atoms with Crippen molar-refractivity contribution < 1.29 is 9.66 Å². The summed E-state index contributed by atoms with van der Waals surface area (Å²) in [6.07, 6.45) is 4.38. The summed E-state index contributed by atoms with van der Waals surface area (Å²) in [5, 5.41) is 24.6. The quantitative estimate of drug-likeness (QED) is 0.674. The van der Waals surface area contributed by atoms with Crippen LogP contribution in [0.3, 0.4) is 0 Å². The van der Waals surface area contributed by atoms with Crippen LogP contribution in [-0.2, 0) is 4.74 Å². The number of H-pyrrole nitrogens is 1. The molecule has 8 nitrogen and oxygen atoms in total. The lowest BCUT2D eigenvalue weighted by atomic mass is 9.90. The summed E-state index contributed by atoms with van der Waals surface area (Å²) in [5.74, 6) is 0.474. The minimum absolute atomic E-state index is 0.00425. The van der Waals surface area contributed by atoms with E-state index in [1.54, 1.807) is 12.3 Å². The van der Waals surface area contributed by atoms with E-state index in [2.05, 4.69) is 20.6 Å². The minimum Gasteiger partial charge on any atom is -0.501 e. The molecule has 1 unspecified atom stereocenters. The number of hydrogen-bond donors (Lipinski definition) is 1. The van der Waals surface area contributed by atoms with Crippen LogP contribution in [0.15, 0.2) is 30.5 Å². The van der Waals surface area contributed by atoms with Crippen molar-refractivity contribution >= 4 is 5.69 Å². The molecule has 1 aromatic heterocycles. The molecule has 0 aliphatic carbocycles. The Hall–Kier alpha value is -2.77. The molecule has 2 heterocycles. The minimum atomic E-state index is -0.437. The Morgan fingerprint density at radius 2 is 2.35 bits per heavy atom. The summed E-state index contributed by atoms with van der Waals surface area (Å²) in [4.78, 5) is 10.5. The van der Waals surface area contributed by atoms with E-state index < -0.39 is 4.92 Å². The molecular formula is C12H11N5O3. The average Bonchev–Trinajstić information content (AvgIpc) is 3.01. The van der Waals surface area contributed by atoms with Crippen molar-refractivity contribution in [3.63, 3.8) is 0 Å². The number of non-ortho nitro benzene ring substituents is 1. The number of benzene rings is 1. The number of nitrogens with zero attached hydrogens (tertiary/aromatic N) is 4. The van der Waals surface area contributed by atoms with Gasteiger partial charge in [0.15, 0.2) is 0 Å². The first-order chi connectivity index (χ1) is 9.75. The first kappa shape index (κ1) is 12.3. The number of nitro benzene ring substituents is 1. The van der Waals surface area contributed by atoms with E-state index in [0.29, 0.717) is 18.0 Å². The molecule has 8 heteroatoms. The molecule has 0 saturated carbocycles.